The summed E-state index contributed by atoms with van der Waals surface area (Å²) in [6.07, 6.45) is 13.3. The molecule has 220 valence electrons. The van der Waals surface area contributed by atoms with Crippen LogP contribution in [-0.4, -0.2) is 0 Å². The van der Waals surface area contributed by atoms with Gasteiger partial charge in [0.1, 0.15) is 11.3 Å². The molecule has 0 atom stereocenters. The fourth-order valence-electron chi connectivity index (χ4n) is 7.39. The van der Waals surface area contributed by atoms with Gasteiger partial charge in [-0.1, -0.05) is 123 Å². The summed E-state index contributed by atoms with van der Waals surface area (Å²) in [5.41, 5.74) is 11.3. The van der Waals surface area contributed by atoms with Crippen molar-refractivity contribution in [2.75, 3.05) is 0 Å². The van der Waals surface area contributed by atoms with Gasteiger partial charge in [0.15, 0.2) is 0 Å². The van der Waals surface area contributed by atoms with Crippen LogP contribution in [0.1, 0.15) is 55.6 Å². The summed E-state index contributed by atoms with van der Waals surface area (Å²) in [5.74, 6) is 1.11. The quantitative estimate of drug-likeness (QED) is 0.133. The maximum Gasteiger partial charge on any atom is 0.142 e. The molecule has 0 unspecified atom stereocenters. The molecule has 0 spiro atoms. The summed E-state index contributed by atoms with van der Waals surface area (Å²) in [4.78, 5) is 0. The minimum Gasteiger partial charge on any atom is -0.460 e. The lowest BCUT2D eigenvalue weighted by Crippen LogP contribution is -1.96. The number of halogens is 1. The van der Waals surface area contributed by atoms with E-state index < -0.39 is 0 Å². The Morgan fingerprint density at radius 2 is 1.40 bits per heavy atom. The van der Waals surface area contributed by atoms with Crippen LogP contribution in [0.4, 0.5) is 0 Å². The van der Waals surface area contributed by atoms with E-state index in [1.54, 1.807) is 0 Å². The lowest BCUT2D eigenvalue weighted by Gasteiger charge is -2.21. The highest BCUT2D eigenvalue weighted by molar-refractivity contribution is 14.1. The van der Waals surface area contributed by atoms with Gasteiger partial charge in [-0.25, -0.2) is 0 Å². The number of rotatable bonds is 3. The Hall–Kier alpha value is -4.15. The number of furan rings is 1. The van der Waals surface area contributed by atoms with Crippen LogP contribution in [-0.2, 0) is 6.42 Å². The maximum atomic E-state index is 6.68. The van der Waals surface area contributed by atoms with Gasteiger partial charge in [-0.15, -0.1) is 0 Å². The minimum atomic E-state index is 0.962. The molecule has 0 amide bonds. The number of benzene rings is 6. The molecule has 2 aliphatic carbocycles. The lowest BCUT2D eigenvalue weighted by atomic mass is 9.82. The van der Waals surface area contributed by atoms with Crippen molar-refractivity contribution >= 4 is 77.5 Å². The number of aryl methyl sites for hydroxylation is 2. The molecule has 6 aromatic carbocycles. The smallest absolute Gasteiger partial charge is 0.142 e. The van der Waals surface area contributed by atoms with E-state index in [0.29, 0.717) is 0 Å². The molecule has 2 aliphatic rings. The van der Waals surface area contributed by atoms with Gasteiger partial charge in [0, 0.05) is 22.9 Å². The molecule has 0 fully saturated rings. The molecule has 1 nitrogen and oxygen atoms in total. The number of hydrogen-bond acceptors (Lipinski definition) is 1. The Labute approximate surface area is 278 Å². The number of hydrogen-bond donors (Lipinski definition) is 0. The Morgan fingerprint density at radius 1 is 0.644 bits per heavy atom. The van der Waals surface area contributed by atoms with Crippen LogP contribution in [0.3, 0.4) is 0 Å². The third kappa shape index (κ3) is 4.56. The van der Waals surface area contributed by atoms with Gasteiger partial charge in [0.2, 0.25) is 0 Å². The number of allylic oxidation sites excluding steroid dienone is 5. The number of para-hydroxylation sites is 1. The molecule has 1 aromatic heterocycles. The van der Waals surface area contributed by atoms with Gasteiger partial charge in [-0.2, -0.15) is 0 Å². The molecule has 2 heteroatoms. The molecular weight excluding hydrogens is 659 g/mol. The van der Waals surface area contributed by atoms with Gasteiger partial charge < -0.3 is 4.42 Å². The van der Waals surface area contributed by atoms with Gasteiger partial charge in [-0.3, -0.25) is 0 Å². The second-order valence-electron chi connectivity index (χ2n) is 12.1. The zero-order chi connectivity index (χ0) is 30.7. The zero-order valence-corrected chi connectivity index (χ0v) is 28.2. The average molecular weight is 695 g/mol. The lowest BCUT2D eigenvalue weighted by molar-refractivity contribution is 0.547. The molecule has 0 radical (unpaired) electrons. The van der Waals surface area contributed by atoms with Crippen LogP contribution in [0.2, 0.25) is 0 Å². The average Bonchev–Trinajstić information content (AvgIpc) is 3.48. The standard InChI is InChI=1S/C41H29IO.C2H6/c1-24-9-11-25(12-10-24)29-19-15-27-16-20-32-36(26-13-17-28(42)18-14-26)23-37(33-22-21-31(29)39(27)40(32)33)35-7-4-6-34-30-5-2-3-8-38(30)43-41(34)35;1-2/h2,4-7,9-13,15-17,19-23H,3,8,14,18H2,1H3;1-2H3. The van der Waals surface area contributed by atoms with Crippen molar-refractivity contribution in [2.45, 2.75) is 46.5 Å². The molecular formula is C43H35IO. The summed E-state index contributed by atoms with van der Waals surface area (Å²) in [5, 5.41) is 9.15. The first-order chi connectivity index (χ1) is 22.1. The Balaban J connectivity index is 0.00000147. The first-order valence-electron chi connectivity index (χ1n) is 16.2. The van der Waals surface area contributed by atoms with Crippen molar-refractivity contribution in [1.82, 2.24) is 0 Å². The second kappa shape index (κ2) is 11.3. The van der Waals surface area contributed by atoms with Gasteiger partial charge >= 0.3 is 0 Å². The normalized spacial score (nSPS) is 14.5. The Bertz CT molecular complexity index is 2340. The molecule has 0 bridgehead atoms. The molecule has 0 aliphatic heterocycles. The topological polar surface area (TPSA) is 13.1 Å². The van der Waals surface area contributed by atoms with E-state index in [-0.39, 0.29) is 0 Å². The van der Waals surface area contributed by atoms with Crippen molar-refractivity contribution in [1.29, 1.82) is 0 Å². The Kier molecular flexibility index (Phi) is 7.14. The van der Waals surface area contributed by atoms with Crippen molar-refractivity contribution in [2.24, 2.45) is 0 Å². The van der Waals surface area contributed by atoms with Crippen LogP contribution >= 0.6 is 22.6 Å². The van der Waals surface area contributed by atoms with Crippen LogP contribution < -0.4 is 0 Å². The molecule has 7 aromatic rings. The molecule has 0 saturated heterocycles. The Morgan fingerprint density at radius 3 is 2.20 bits per heavy atom. The van der Waals surface area contributed by atoms with E-state index in [2.05, 4.69) is 139 Å². The zero-order valence-electron chi connectivity index (χ0n) is 26.0. The fourth-order valence-corrected chi connectivity index (χ4v) is 7.84. The van der Waals surface area contributed by atoms with Crippen molar-refractivity contribution in [3.63, 3.8) is 0 Å². The van der Waals surface area contributed by atoms with E-state index in [9.17, 15) is 0 Å². The summed E-state index contributed by atoms with van der Waals surface area (Å²) >= 11 is 2.48. The predicted molar refractivity (Wildman–Crippen MR) is 204 cm³/mol. The van der Waals surface area contributed by atoms with E-state index in [1.165, 1.54) is 85.8 Å². The van der Waals surface area contributed by atoms with Crippen LogP contribution in [0.5, 0.6) is 0 Å². The third-order valence-corrected chi connectivity index (χ3v) is 10.4. The first kappa shape index (κ1) is 28.3. The first-order valence-corrected chi connectivity index (χ1v) is 17.3. The molecule has 0 N–H and O–H groups in total. The molecule has 45 heavy (non-hydrogen) atoms. The van der Waals surface area contributed by atoms with E-state index in [4.69, 9.17) is 4.42 Å². The fraction of sp³-hybridized carbons (Fsp3) is 0.163. The van der Waals surface area contributed by atoms with E-state index in [0.717, 1.165) is 37.0 Å². The van der Waals surface area contributed by atoms with Gasteiger partial charge in [0.25, 0.3) is 0 Å². The van der Waals surface area contributed by atoms with Crippen molar-refractivity contribution in [3.8, 4) is 22.3 Å². The van der Waals surface area contributed by atoms with Crippen LogP contribution in [0.15, 0.2) is 111 Å². The highest BCUT2D eigenvalue weighted by atomic mass is 127. The highest BCUT2D eigenvalue weighted by Crippen LogP contribution is 2.47. The summed E-state index contributed by atoms with van der Waals surface area (Å²) in [7, 11) is 0. The minimum absolute atomic E-state index is 0.962. The largest absolute Gasteiger partial charge is 0.460 e. The van der Waals surface area contributed by atoms with Crippen molar-refractivity contribution < 1.29 is 4.42 Å². The van der Waals surface area contributed by atoms with Gasteiger partial charge in [-0.05, 0) is 119 Å². The summed E-state index contributed by atoms with van der Waals surface area (Å²) in [6, 6.07) is 32.1. The molecule has 0 saturated carbocycles. The molecule has 1 heterocycles. The monoisotopic (exact) mass is 694 g/mol. The van der Waals surface area contributed by atoms with E-state index in [1.807, 2.05) is 13.8 Å². The van der Waals surface area contributed by atoms with Gasteiger partial charge in [0.05, 0.1) is 0 Å². The maximum absolute atomic E-state index is 6.68. The van der Waals surface area contributed by atoms with Crippen molar-refractivity contribution in [3.05, 3.63) is 129 Å². The predicted octanol–water partition coefficient (Wildman–Crippen LogP) is 13.5. The highest BCUT2D eigenvalue weighted by Gasteiger charge is 2.23. The van der Waals surface area contributed by atoms with Crippen LogP contribution in [0.25, 0.3) is 77.2 Å². The molecule has 9 rings (SSSR count). The third-order valence-electron chi connectivity index (χ3n) is 9.53. The SMILES string of the molecule is CC.Cc1ccc(-c2ccc3ccc4c(C5=CC=C(I)CC5)cc(-c5cccc6c7c(oc56)CCC=C7)c5ccc2c3c45)cc1. The summed E-state index contributed by atoms with van der Waals surface area (Å²) in [6.45, 7) is 6.15. The number of fused-ring (bicyclic) bond motifs is 3. The summed E-state index contributed by atoms with van der Waals surface area (Å²) < 4.78 is 8.09. The van der Waals surface area contributed by atoms with E-state index >= 15 is 0 Å². The van der Waals surface area contributed by atoms with Crippen LogP contribution in [0, 0.1) is 6.92 Å². The second-order valence-corrected chi connectivity index (χ2v) is 13.5.